The molecule has 1 atom stereocenters. The molecule has 0 saturated heterocycles. The van der Waals surface area contributed by atoms with Crippen molar-refractivity contribution in [3.63, 3.8) is 0 Å². The van der Waals surface area contributed by atoms with Gasteiger partial charge in [-0.05, 0) is 50.2 Å². The molecule has 3 aromatic rings. The maximum atomic E-state index is 12.9. The van der Waals surface area contributed by atoms with E-state index in [1.54, 1.807) is 25.6 Å². The minimum absolute atomic E-state index is 0.0481. The first-order valence-electron chi connectivity index (χ1n) is 9.14. The maximum Gasteiger partial charge on any atom is 0.295 e. The second-order valence-electron chi connectivity index (χ2n) is 6.86. The molecule has 0 radical (unpaired) electrons. The molecule has 0 saturated carbocycles. The maximum absolute atomic E-state index is 12.9. The number of sulfonamides is 1. The van der Waals surface area contributed by atoms with Gasteiger partial charge < -0.3 is 10.6 Å². The van der Waals surface area contributed by atoms with Crippen molar-refractivity contribution >= 4 is 27.3 Å². The van der Waals surface area contributed by atoms with Crippen LogP contribution in [0.4, 0.5) is 11.4 Å². The summed E-state index contributed by atoms with van der Waals surface area (Å²) >= 11 is 0. The van der Waals surface area contributed by atoms with Crippen molar-refractivity contribution < 1.29 is 13.2 Å². The predicted octanol–water partition coefficient (Wildman–Crippen LogP) is 1.57. The van der Waals surface area contributed by atoms with Gasteiger partial charge in [0.1, 0.15) is 11.7 Å². The van der Waals surface area contributed by atoms with Crippen LogP contribution in [0.2, 0.25) is 0 Å². The molecule has 0 fully saturated rings. The summed E-state index contributed by atoms with van der Waals surface area (Å²) in [5, 5.41) is 10.7. The molecule has 3 rings (SSSR count). The third kappa shape index (κ3) is 4.29. The molecule has 2 aromatic carbocycles. The minimum Gasteiger partial charge on any atom is -0.368 e. The Kier molecular flexibility index (Phi) is 5.81. The van der Waals surface area contributed by atoms with Gasteiger partial charge in [-0.2, -0.15) is 0 Å². The SMILES string of the molecule is Cc1c(NC(C)C(=O)Nc2ccc(S(N)(=O)=O)cc2)c(=O)n(-c2ccccc2)n1C. The van der Waals surface area contributed by atoms with Crippen molar-refractivity contribution in [3.8, 4) is 5.69 Å². The first-order chi connectivity index (χ1) is 14.1. The molecule has 1 amide bonds. The summed E-state index contributed by atoms with van der Waals surface area (Å²) in [7, 11) is -2.03. The second kappa shape index (κ2) is 8.17. The fraction of sp³-hybridized carbons (Fsp3) is 0.200. The summed E-state index contributed by atoms with van der Waals surface area (Å²) in [6, 6.07) is 14.0. The number of para-hydroxylation sites is 1. The average molecular weight is 430 g/mol. The molecule has 10 heteroatoms. The number of benzene rings is 2. The Morgan fingerprint density at radius 2 is 1.67 bits per heavy atom. The summed E-state index contributed by atoms with van der Waals surface area (Å²) in [5.41, 5.74) is 1.87. The van der Waals surface area contributed by atoms with Gasteiger partial charge in [0.25, 0.3) is 5.56 Å². The molecule has 0 aliphatic rings. The van der Waals surface area contributed by atoms with Gasteiger partial charge in [0.05, 0.1) is 16.3 Å². The number of rotatable bonds is 6. The Labute approximate surface area is 174 Å². The third-order valence-electron chi connectivity index (χ3n) is 4.76. The van der Waals surface area contributed by atoms with Crippen molar-refractivity contribution in [1.29, 1.82) is 0 Å². The molecule has 1 aromatic heterocycles. The molecular formula is C20H23N5O4S. The van der Waals surface area contributed by atoms with E-state index < -0.39 is 16.1 Å². The minimum atomic E-state index is -3.80. The first-order valence-corrected chi connectivity index (χ1v) is 10.7. The van der Waals surface area contributed by atoms with Crippen LogP contribution in [0.1, 0.15) is 12.6 Å². The number of hydrogen-bond acceptors (Lipinski definition) is 5. The van der Waals surface area contributed by atoms with E-state index in [0.29, 0.717) is 22.8 Å². The zero-order valence-corrected chi connectivity index (χ0v) is 17.6. The number of hydrogen-bond donors (Lipinski definition) is 3. The van der Waals surface area contributed by atoms with E-state index in [-0.39, 0.29) is 16.4 Å². The highest BCUT2D eigenvalue weighted by atomic mass is 32.2. The van der Waals surface area contributed by atoms with Crippen molar-refractivity contribution in [2.24, 2.45) is 12.2 Å². The van der Waals surface area contributed by atoms with Crippen LogP contribution in [0.5, 0.6) is 0 Å². The second-order valence-corrected chi connectivity index (χ2v) is 8.42. The molecule has 9 nitrogen and oxygen atoms in total. The van der Waals surface area contributed by atoms with Gasteiger partial charge in [0, 0.05) is 12.7 Å². The topological polar surface area (TPSA) is 128 Å². The van der Waals surface area contributed by atoms with Crippen LogP contribution >= 0.6 is 0 Å². The Morgan fingerprint density at radius 3 is 2.23 bits per heavy atom. The lowest BCUT2D eigenvalue weighted by Crippen LogP contribution is -2.34. The summed E-state index contributed by atoms with van der Waals surface area (Å²) in [6.07, 6.45) is 0. The molecule has 0 bridgehead atoms. The highest BCUT2D eigenvalue weighted by Crippen LogP contribution is 2.16. The van der Waals surface area contributed by atoms with Gasteiger partial charge in [-0.15, -0.1) is 0 Å². The van der Waals surface area contributed by atoms with Gasteiger partial charge >= 0.3 is 0 Å². The van der Waals surface area contributed by atoms with E-state index in [1.807, 2.05) is 30.3 Å². The average Bonchev–Trinajstić information content (AvgIpc) is 2.91. The smallest absolute Gasteiger partial charge is 0.295 e. The zero-order valence-electron chi connectivity index (χ0n) is 16.8. The molecule has 0 aliphatic heterocycles. The number of carbonyl (C=O) groups is 1. The third-order valence-corrected chi connectivity index (χ3v) is 5.69. The molecular weight excluding hydrogens is 406 g/mol. The number of nitrogens with one attached hydrogen (secondary N) is 2. The Morgan fingerprint density at radius 1 is 1.07 bits per heavy atom. The fourth-order valence-electron chi connectivity index (χ4n) is 3.00. The molecule has 0 aliphatic carbocycles. The van der Waals surface area contributed by atoms with E-state index in [9.17, 15) is 18.0 Å². The lowest BCUT2D eigenvalue weighted by molar-refractivity contribution is -0.116. The van der Waals surface area contributed by atoms with Gasteiger partial charge in [0.15, 0.2) is 0 Å². The first kappa shape index (κ1) is 21.3. The van der Waals surface area contributed by atoms with Crippen LogP contribution in [-0.4, -0.2) is 29.7 Å². The van der Waals surface area contributed by atoms with Gasteiger partial charge in [0.2, 0.25) is 15.9 Å². The van der Waals surface area contributed by atoms with Crippen LogP contribution in [0, 0.1) is 6.92 Å². The number of amides is 1. The summed E-state index contributed by atoms with van der Waals surface area (Å²) < 4.78 is 25.9. The van der Waals surface area contributed by atoms with Crippen molar-refractivity contribution in [2.75, 3.05) is 10.6 Å². The lowest BCUT2D eigenvalue weighted by atomic mass is 10.2. The molecule has 0 spiro atoms. The largest absolute Gasteiger partial charge is 0.368 e. The molecule has 30 heavy (non-hydrogen) atoms. The number of nitrogens with zero attached hydrogens (tertiary/aromatic N) is 2. The Balaban J connectivity index is 1.78. The number of carbonyl (C=O) groups excluding carboxylic acids is 1. The van der Waals surface area contributed by atoms with Crippen molar-refractivity contribution in [3.05, 3.63) is 70.6 Å². The van der Waals surface area contributed by atoms with Gasteiger partial charge in [-0.3, -0.25) is 14.3 Å². The summed E-state index contributed by atoms with van der Waals surface area (Å²) in [4.78, 5) is 25.4. The number of anilines is 2. The van der Waals surface area contributed by atoms with Crippen LogP contribution in [0.3, 0.4) is 0 Å². The van der Waals surface area contributed by atoms with Crippen LogP contribution in [-0.2, 0) is 21.9 Å². The van der Waals surface area contributed by atoms with Crippen LogP contribution < -0.4 is 21.3 Å². The molecule has 1 heterocycles. The standard InChI is InChI=1S/C20H23N5O4S/c1-13(19(26)23-15-9-11-17(12-10-15)30(21,28)29)22-18-14(2)24(3)25(20(18)27)16-7-5-4-6-8-16/h4-13,22H,1-3H3,(H,23,26)(H2,21,28,29). The molecule has 158 valence electrons. The lowest BCUT2D eigenvalue weighted by Gasteiger charge is -2.14. The molecule has 4 N–H and O–H groups in total. The van der Waals surface area contributed by atoms with Gasteiger partial charge in [-0.1, -0.05) is 18.2 Å². The van der Waals surface area contributed by atoms with E-state index >= 15 is 0 Å². The van der Waals surface area contributed by atoms with E-state index in [2.05, 4.69) is 10.6 Å². The quantitative estimate of drug-likeness (QED) is 0.548. The summed E-state index contributed by atoms with van der Waals surface area (Å²) in [5.74, 6) is -0.382. The number of primary sulfonamides is 1. The fourth-order valence-corrected chi connectivity index (χ4v) is 3.51. The summed E-state index contributed by atoms with van der Waals surface area (Å²) in [6.45, 7) is 3.42. The zero-order chi connectivity index (χ0) is 22.1. The molecule has 1 unspecified atom stereocenters. The number of nitrogens with two attached hydrogens (primary N) is 1. The Bertz CT molecular complexity index is 1230. The van der Waals surface area contributed by atoms with E-state index in [1.165, 1.54) is 28.9 Å². The van der Waals surface area contributed by atoms with Crippen LogP contribution in [0.25, 0.3) is 5.69 Å². The normalized spacial score (nSPS) is 12.4. The van der Waals surface area contributed by atoms with Crippen molar-refractivity contribution in [1.82, 2.24) is 9.36 Å². The predicted molar refractivity (Wildman–Crippen MR) is 115 cm³/mol. The van der Waals surface area contributed by atoms with Crippen LogP contribution in [0.15, 0.2) is 64.3 Å². The Hall–Kier alpha value is -3.37. The van der Waals surface area contributed by atoms with Gasteiger partial charge in [-0.25, -0.2) is 18.2 Å². The highest BCUT2D eigenvalue weighted by molar-refractivity contribution is 7.89. The number of aromatic nitrogens is 2. The van der Waals surface area contributed by atoms with E-state index in [4.69, 9.17) is 5.14 Å². The monoisotopic (exact) mass is 429 g/mol. The highest BCUT2D eigenvalue weighted by Gasteiger charge is 2.21. The van der Waals surface area contributed by atoms with E-state index in [0.717, 1.165) is 0 Å². The van der Waals surface area contributed by atoms with Crippen molar-refractivity contribution in [2.45, 2.75) is 24.8 Å².